The highest BCUT2D eigenvalue weighted by Gasteiger charge is 2.11. The molecule has 2 aromatic heterocycles. The highest BCUT2D eigenvalue weighted by molar-refractivity contribution is 5.52. The van der Waals surface area contributed by atoms with Gasteiger partial charge in [-0.25, -0.2) is 15.0 Å². The summed E-state index contributed by atoms with van der Waals surface area (Å²) in [6.45, 7) is 3.06. The summed E-state index contributed by atoms with van der Waals surface area (Å²) >= 11 is 0. The molecule has 0 spiro atoms. The summed E-state index contributed by atoms with van der Waals surface area (Å²) in [5.74, 6) is 1.26. The minimum Gasteiger partial charge on any atom is -0.467 e. The lowest BCUT2D eigenvalue weighted by atomic mass is 10.0. The largest absolute Gasteiger partial charge is 0.467 e. The molecule has 0 aliphatic carbocycles. The van der Waals surface area contributed by atoms with Gasteiger partial charge in [0.15, 0.2) is 0 Å². The number of rotatable bonds is 5. The second-order valence-electron chi connectivity index (χ2n) is 5.17. The second kappa shape index (κ2) is 6.39. The van der Waals surface area contributed by atoms with Gasteiger partial charge < -0.3 is 9.30 Å². The number of ether oxygens (including phenoxy) is 1. The summed E-state index contributed by atoms with van der Waals surface area (Å²) in [6.07, 6.45) is 7.26. The van der Waals surface area contributed by atoms with Crippen molar-refractivity contribution in [1.29, 1.82) is 0 Å². The van der Waals surface area contributed by atoms with E-state index in [0.29, 0.717) is 11.9 Å². The van der Waals surface area contributed by atoms with E-state index in [0.717, 1.165) is 17.9 Å². The van der Waals surface area contributed by atoms with E-state index in [-0.39, 0.29) is 0 Å². The van der Waals surface area contributed by atoms with Crippen LogP contribution in [0.2, 0.25) is 0 Å². The first-order chi connectivity index (χ1) is 10.8. The molecule has 0 N–H and O–H groups in total. The lowest BCUT2D eigenvalue weighted by Gasteiger charge is -2.14. The van der Waals surface area contributed by atoms with Crippen LogP contribution in [0.5, 0.6) is 6.01 Å². The number of imidazole rings is 1. The molecule has 0 fully saturated rings. The fraction of sp³-hybridized carbons (Fsp3) is 0.235. The first-order valence-electron chi connectivity index (χ1n) is 7.20. The molecular weight excluding hydrogens is 276 g/mol. The molecule has 112 valence electrons. The van der Waals surface area contributed by atoms with Crippen molar-refractivity contribution >= 4 is 0 Å². The van der Waals surface area contributed by atoms with Gasteiger partial charge in [-0.2, -0.15) is 0 Å². The number of hydrogen-bond acceptors (Lipinski definition) is 4. The Bertz CT molecular complexity index is 722. The van der Waals surface area contributed by atoms with Crippen molar-refractivity contribution in [3.8, 4) is 17.4 Å². The van der Waals surface area contributed by atoms with E-state index in [1.807, 2.05) is 12.3 Å². The molecule has 5 nitrogen and oxygen atoms in total. The first kappa shape index (κ1) is 14.3. The van der Waals surface area contributed by atoms with E-state index in [9.17, 15) is 0 Å². The van der Waals surface area contributed by atoms with E-state index >= 15 is 0 Å². The number of hydrogen-bond donors (Lipinski definition) is 0. The lowest BCUT2D eigenvalue weighted by Crippen LogP contribution is -2.07. The lowest BCUT2D eigenvalue weighted by molar-refractivity contribution is 0.380. The van der Waals surface area contributed by atoms with Crippen LogP contribution in [0.25, 0.3) is 11.4 Å². The van der Waals surface area contributed by atoms with Gasteiger partial charge in [0.05, 0.1) is 12.7 Å². The molecule has 2 heterocycles. The third-order valence-corrected chi connectivity index (χ3v) is 3.62. The van der Waals surface area contributed by atoms with Crippen molar-refractivity contribution in [3.05, 3.63) is 60.7 Å². The highest BCUT2D eigenvalue weighted by Crippen LogP contribution is 2.22. The Morgan fingerprint density at radius 2 is 1.82 bits per heavy atom. The Balaban J connectivity index is 1.82. The minimum absolute atomic E-state index is 0.361. The molecule has 5 heteroatoms. The number of nitrogens with zero attached hydrogens (tertiary/aromatic N) is 4. The van der Waals surface area contributed by atoms with Crippen LogP contribution in [0.4, 0.5) is 0 Å². The monoisotopic (exact) mass is 294 g/mol. The Hall–Kier alpha value is -2.69. The predicted molar refractivity (Wildman–Crippen MR) is 84.7 cm³/mol. The summed E-state index contributed by atoms with van der Waals surface area (Å²) in [6, 6.07) is 10.8. The third kappa shape index (κ3) is 2.98. The molecule has 0 amide bonds. The second-order valence-corrected chi connectivity index (χ2v) is 5.17. The quantitative estimate of drug-likeness (QED) is 0.725. The van der Waals surface area contributed by atoms with Crippen molar-refractivity contribution in [2.45, 2.75) is 19.4 Å². The van der Waals surface area contributed by atoms with Crippen LogP contribution in [0.15, 0.2) is 55.1 Å². The van der Waals surface area contributed by atoms with Gasteiger partial charge in [-0.15, -0.1) is 0 Å². The SMILES string of the molecule is COc1ncc(-c2nccn2CC(C)c2ccccc2)cn1. The summed E-state index contributed by atoms with van der Waals surface area (Å²) in [5.41, 5.74) is 2.19. The molecule has 1 aromatic carbocycles. The standard InChI is InChI=1S/C17H18N4O/c1-13(14-6-4-3-5-7-14)12-21-9-8-18-16(21)15-10-19-17(22-2)20-11-15/h3-11,13H,12H2,1-2H3. The molecule has 3 aromatic rings. The molecule has 1 unspecified atom stereocenters. The maximum Gasteiger partial charge on any atom is 0.316 e. The van der Waals surface area contributed by atoms with Crippen molar-refractivity contribution in [2.24, 2.45) is 0 Å². The Morgan fingerprint density at radius 3 is 2.50 bits per heavy atom. The maximum absolute atomic E-state index is 4.99. The third-order valence-electron chi connectivity index (χ3n) is 3.62. The van der Waals surface area contributed by atoms with E-state index in [1.54, 1.807) is 25.7 Å². The smallest absolute Gasteiger partial charge is 0.316 e. The van der Waals surface area contributed by atoms with Crippen molar-refractivity contribution in [2.75, 3.05) is 7.11 Å². The van der Waals surface area contributed by atoms with E-state index < -0.39 is 0 Å². The highest BCUT2D eigenvalue weighted by atomic mass is 16.5. The Morgan fingerprint density at radius 1 is 1.09 bits per heavy atom. The fourth-order valence-electron chi connectivity index (χ4n) is 2.44. The summed E-state index contributed by atoms with van der Waals surface area (Å²) in [4.78, 5) is 12.7. The van der Waals surface area contributed by atoms with Gasteiger partial charge in [0, 0.05) is 31.3 Å². The zero-order chi connectivity index (χ0) is 15.4. The molecule has 0 radical (unpaired) electrons. The van der Waals surface area contributed by atoms with Crippen LogP contribution in [-0.2, 0) is 6.54 Å². The van der Waals surface area contributed by atoms with Crippen LogP contribution in [-0.4, -0.2) is 26.6 Å². The Kier molecular flexibility index (Phi) is 4.14. The van der Waals surface area contributed by atoms with Crippen LogP contribution in [0, 0.1) is 0 Å². The van der Waals surface area contributed by atoms with E-state index in [4.69, 9.17) is 4.74 Å². The van der Waals surface area contributed by atoms with Crippen LogP contribution < -0.4 is 4.74 Å². The van der Waals surface area contributed by atoms with E-state index in [2.05, 4.69) is 50.7 Å². The molecule has 1 atom stereocenters. The predicted octanol–water partition coefficient (Wildman–Crippen LogP) is 3.15. The van der Waals surface area contributed by atoms with Gasteiger partial charge in [0.25, 0.3) is 0 Å². The molecule has 0 saturated carbocycles. The molecule has 22 heavy (non-hydrogen) atoms. The number of aromatic nitrogens is 4. The minimum atomic E-state index is 0.361. The van der Waals surface area contributed by atoms with Crippen molar-refractivity contribution < 1.29 is 4.74 Å². The van der Waals surface area contributed by atoms with Crippen LogP contribution in [0.3, 0.4) is 0 Å². The summed E-state index contributed by atoms with van der Waals surface area (Å²) in [7, 11) is 1.55. The maximum atomic E-state index is 4.99. The van der Waals surface area contributed by atoms with Gasteiger partial charge in [0.2, 0.25) is 0 Å². The summed E-state index contributed by atoms with van der Waals surface area (Å²) < 4.78 is 7.12. The molecule has 3 rings (SSSR count). The molecule has 0 saturated heterocycles. The van der Waals surface area contributed by atoms with Crippen LogP contribution in [0.1, 0.15) is 18.4 Å². The number of methoxy groups -OCH3 is 1. The first-order valence-corrected chi connectivity index (χ1v) is 7.20. The van der Waals surface area contributed by atoms with Gasteiger partial charge >= 0.3 is 6.01 Å². The fourth-order valence-corrected chi connectivity index (χ4v) is 2.44. The van der Waals surface area contributed by atoms with Crippen molar-refractivity contribution in [1.82, 2.24) is 19.5 Å². The average Bonchev–Trinajstić information content (AvgIpc) is 3.04. The van der Waals surface area contributed by atoms with Gasteiger partial charge in [-0.1, -0.05) is 37.3 Å². The average molecular weight is 294 g/mol. The molecule has 0 aliphatic heterocycles. The van der Waals surface area contributed by atoms with Crippen LogP contribution >= 0.6 is 0 Å². The topological polar surface area (TPSA) is 52.8 Å². The Labute approximate surface area is 129 Å². The summed E-state index contributed by atoms with van der Waals surface area (Å²) in [5, 5.41) is 0. The zero-order valence-electron chi connectivity index (χ0n) is 12.7. The molecular formula is C17H18N4O. The van der Waals surface area contributed by atoms with Crippen molar-refractivity contribution in [3.63, 3.8) is 0 Å². The van der Waals surface area contributed by atoms with Gasteiger partial charge in [-0.3, -0.25) is 0 Å². The normalized spacial score (nSPS) is 12.1. The zero-order valence-corrected chi connectivity index (χ0v) is 12.7. The van der Waals surface area contributed by atoms with Gasteiger partial charge in [0.1, 0.15) is 5.82 Å². The van der Waals surface area contributed by atoms with Gasteiger partial charge in [-0.05, 0) is 11.5 Å². The number of benzene rings is 1. The molecule has 0 bridgehead atoms. The van der Waals surface area contributed by atoms with E-state index in [1.165, 1.54) is 5.56 Å². The molecule has 0 aliphatic rings.